The predicted octanol–water partition coefficient (Wildman–Crippen LogP) is 2.52. The molecule has 3 rings (SSSR count). The summed E-state index contributed by atoms with van der Waals surface area (Å²) in [6, 6.07) is 8.63. The van der Waals surface area contributed by atoms with Gasteiger partial charge >= 0.3 is 0 Å². The average molecular weight is 312 g/mol. The molecule has 1 aromatic carbocycles. The van der Waals surface area contributed by atoms with Gasteiger partial charge in [0.1, 0.15) is 0 Å². The van der Waals surface area contributed by atoms with Crippen LogP contribution in [0.1, 0.15) is 5.01 Å². The summed E-state index contributed by atoms with van der Waals surface area (Å²) in [6.45, 7) is 0. The molecular weight excluding hydrogens is 294 g/mol. The van der Waals surface area contributed by atoms with E-state index in [1.54, 1.807) is 11.3 Å². The Morgan fingerprint density at radius 2 is 2.26 bits per heavy atom. The van der Waals surface area contributed by atoms with Gasteiger partial charge in [0.2, 0.25) is 0 Å². The van der Waals surface area contributed by atoms with Crippen molar-refractivity contribution in [2.45, 2.75) is 17.7 Å². The lowest BCUT2D eigenvalue weighted by Gasteiger charge is -2.28. The SMILES string of the molecule is NNC(Cc1nc2ccccc2s1)C1CSCCS1. The van der Waals surface area contributed by atoms with Crippen molar-refractivity contribution in [3.8, 4) is 0 Å². The minimum atomic E-state index is 0.318. The number of nitrogens with two attached hydrogens (primary N) is 1. The van der Waals surface area contributed by atoms with E-state index >= 15 is 0 Å². The van der Waals surface area contributed by atoms with E-state index in [2.05, 4.69) is 23.6 Å². The van der Waals surface area contributed by atoms with Gasteiger partial charge in [0, 0.05) is 35.0 Å². The molecule has 0 bridgehead atoms. The molecule has 0 radical (unpaired) electrons. The Labute approximate surface area is 125 Å². The summed E-state index contributed by atoms with van der Waals surface area (Å²) >= 11 is 5.85. The van der Waals surface area contributed by atoms with E-state index in [1.807, 2.05) is 29.6 Å². The quantitative estimate of drug-likeness (QED) is 0.671. The molecule has 19 heavy (non-hydrogen) atoms. The van der Waals surface area contributed by atoms with Crippen LogP contribution in [0.3, 0.4) is 0 Å². The molecule has 2 unspecified atom stereocenters. The zero-order valence-electron chi connectivity index (χ0n) is 10.5. The maximum atomic E-state index is 5.75. The van der Waals surface area contributed by atoms with Crippen molar-refractivity contribution in [2.75, 3.05) is 17.3 Å². The molecule has 3 N–H and O–H groups in total. The summed E-state index contributed by atoms with van der Waals surface area (Å²) in [5.74, 6) is 9.43. The van der Waals surface area contributed by atoms with Crippen LogP contribution in [0, 0.1) is 0 Å². The number of fused-ring (bicyclic) bond motifs is 1. The minimum Gasteiger partial charge on any atom is -0.271 e. The number of rotatable bonds is 4. The molecule has 0 saturated carbocycles. The van der Waals surface area contributed by atoms with Gasteiger partial charge in [-0.05, 0) is 12.1 Å². The molecule has 0 spiro atoms. The third-order valence-corrected chi connectivity index (χ3v) is 7.22. The smallest absolute Gasteiger partial charge is 0.0955 e. The summed E-state index contributed by atoms with van der Waals surface area (Å²) in [5, 5.41) is 1.77. The number of hydrazine groups is 1. The van der Waals surface area contributed by atoms with E-state index in [0.717, 1.165) is 11.9 Å². The summed E-state index contributed by atoms with van der Waals surface area (Å²) in [7, 11) is 0. The summed E-state index contributed by atoms with van der Waals surface area (Å²) < 4.78 is 1.26. The maximum Gasteiger partial charge on any atom is 0.0955 e. The van der Waals surface area contributed by atoms with Gasteiger partial charge in [0.05, 0.1) is 15.2 Å². The number of para-hydroxylation sites is 1. The van der Waals surface area contributed by atoms with Gasteiger partial charge < -0.3 is 0 Å². The van der Waals surface area contributed by atoms with Crippen LogP contribution in [0.25, 0.3) is 10.2 Å². The van der Waals surface area contributed by atoms with E-state index in [-0.39, 0.29) is 0 Å². The van der Waals surface area contributed by atoms with Crippen molar-refractivity contribution in [3.05, 3.63) is 29.3 Å². The molecule has 1 fully saturated rings. The summed E-state index contributed by atoms with van der Waals surface area (Å²) in [4.78, 5) is 4.70. The molecule has 0 amide bonds. The second-order valence-electron chi connectivity index (χ2n) is 4.54. The third-order valence-electron chi connectivity index (χ3n) is 3.24. The third kappa shape index (κ3) is 3.25. The highest BCUT2D eigenvalue weighted by Crippen LogP contribution is 2.29. The lowest BCUT2D eigenvalue weighted by atomic mass is 10.1. The molecule has 102 valence electrons. The van der Waals surface area contributed by atoms with Crippen LogP contribution >= 0.6 is 34.9 Å². The Kier molecular flexibility index (Phi) is 4.65. The first-order valence-corrected chi connectivity index (χ1v) is 9.39. The normalized spacial score (nSPS) is 21.6. The molecule has 2 atom stereocenters. The molecule has 1 aliphatic rings. The standard InChI is InChI=1S/C13H17N3S3/c14-16-10(12-8-17-5-6-18-12)7-13-15-9-3-1-2-4-11(9)19-13/h1-4,10,12,16H,5-8,14H2. The van der Waals surface area contributed by atoms with Gasteiger partial charge in [-0.25, -0.2) is 4.98 Å². The highest BCUT2D eigenvalue weighted by molar-refractivity contribution is 8.06. The number of nitrogens with one attached hydrogen (secondary N) is 1. The topological polar surface area (TPSA) is 50.9 Å². The Hall–Kier alpha value is -0.270. The molecule has 1 aliphatic heterocycles. The second kappa shape index (κ2) is 6.45. The molecule has 1 aromatic heterocycles. The molecular formula is C13H17N3S3. The first-order valence-electron chi connectivity index (χ1n) is 6.37. The van der Waals surface area contributed by atoms with Crippen molar-refractivity contribution in [2.24, 2.45) is 5.84 Å². The minimum absolute atomic E-state index is 0.318. The first kappa shape index (κ1) is 13.7. The molecule has 2 aromatic rings. The van der Waals surface area contributed by atoms with Crippen LogP contribution in [0.15, 0.2) is 24.3 Å². The van der Waals surface area contributed by atoms with Crippen LogP contribution in [0.2, 0.25) is 0 Å². The van der Waals surface area contributed by atoms with Gasteiger partial charge in [-0.15, -0.1) is 11.3 Å². The number of nitrogens with zero attached hydrogens (tertiary/aromatic N) is 1. The Balaban J connectivity index is 1.74. The second-order valence-corrected chi connectivity index (χ2v) is 8.15. The van der Waals surface area contributed by atoms with Crippen LogP contribution in [0.4, 0.5) is 0 Å². The number of benzene rings is 1. The molecule has 2 heterocycles. The Morgan fingerprint density at radius 3 is 3.00 bits per heavy atom. The number of thiazole rings is 1. The summed E-state index contributed by atoms with van der Waals surface area (Å²) in [5.41, 5.74) is 4.10. The van der Waals surface area contributed by atoms with Gasteiger partial charge in [0.15, 0.2) is 0 Å². The fourth-order valence-corrected chi connectivity index (χ4v) is 6.13. The zero-order valence-corrected chi connectivity index (χ0v) is 13.0. The van der Waals surface area contributed by atoms with E-state index in [1.165, 1.54) is 27.0 Å². The van der Waals surface area contributed by atoms with Crippen molar-refractivity contribution in [3.63, 3.8) is 0 Å². The highest BCUT2D eigenvalue weighted by Gasteiger charge is 2.24. The van der Waals surface area contributed by atoms with Crippen molar-refractivity contribution in [1.29, 1.82) is 0 Å². The number of hydrogen-bond donors (Lipinski definition) is 2. The monoisotopic (exact) mass is 311 g/mol. The Morgan fingerprint density at radius 1 is 1.37 bits per heavy atom. The average Bonchev–Trinajstić information content (AvgIpc) is 2.88. The number of aromatic nitrogens is 1. The van der Waals surface area contributed by atoms with E-state index in [0.29, 0.717) is 11.3 Å². The van der Waals surface area contributed by atoms with Crippen LogP contribution in [-0.4, -0.2) is 33.5 Å². The highest BCUT2D eigenvalue weighted by atomic mass is 32.2. The van der Waals surface area contributed by atoms with Gasteiger partial charge in [-0.2, -0.15) is 23.5 Å². The number of thioether (sulfide) groups is 2. The maximum absolute atomic E-state index is 5.75. The first-order chi connectivity index (χ1) is 9.36. The largest absolute Gasteiger partial charge is 0.271 e. The van der Waals surface area contributed by atoms with E-state index in [9.17, 15) is 0 Å². The zero-order chi connectivity index (χ0) is 13.1. The van der Waals surface area contributed by atoms with Gasteiger partial charge in [0.25, 0.3) is 0 Å². The predicted molar refractivity (Wildman–Crippen MR) is 88.0 cm³/mol. The van der Waals surface area contributed by atoms with Crippen LogP contribution in [-0.2, 0) is 6.42 Å². The van der Waals surface area contributed by atoms with Crippen molar-refractivity contribution < 1.29 is 0 Å². The molecule has 6 heteroatoms. The Bertz CT molecular complexity index is 504. The molecule has 0 aliphatic carbocycles. The van der Waals surface area contributed by atoms with E-state index in [4.69, 9.17) is 10.8 Å². The fraction of sp³-hybridized carbons (Fsp3) is 0.462. The van der Waals surface area contributed by atoms with E-state index < -0.39 is 0 Å². The van der Waals surface area contributed by atoms with Crippen molar-refractivity contribution in [1.82, 2.24) is 10.4 Å². The lowest BCUT2D eigenvalue weighted by Crippen LogP contribution is -2.46. The van der Waals surface area contributed by atoms with Crippen LogP contribution < -0.4 is 11.3 Å². The molecule has 1 saturated heterocycles. The van der Waals surface area contributed by atoms with Gasteiger partial charge in [-0.3, -0.25) is 11.3 Å². The van der Waals surface area contributed by atoms with Crippen LogP contribution in [0.5, 0.6) is 0 Å². The molecule has 3 nitrogen and oxygen atoms in total. The fourth-order valence-electron chi connectivity index (χ4n) is 2.23. The summed E-state index contributed by atoms with van der Waals surface area (Å²) in [6.07, 6.45) is 0.925. The van der Waals surface area contributed by atoms with Gasteiger partial charge in [-0.1, -0.05) is 12.1 Å². The lowest BCUT2D eigenvalue weighted by molar-refractivity contribution is 0.523. The number of hydrogen-bond acceptors (Lipinski definition) is 6. The van der Waals surface area contributed by atoms with Crippen molar-refractivity contribution >= 4 is 45.1 Å².